The molecule has 270 valence electrons. The predicted molar refractivity (Wildman–Crippen MR) is 175 cm³/mol. The Morgan fingerprint density at radius 2 is 1.49 bits per heavy atom. The summed E-state index contributed by atoms with van der Waals surface area (Å²) in [6.07, 6.45) is -1.48. The molecule has 1 saturated heterocycles. The van der Waals surface area contributed by atoms with Crippen molar-refractivity contribution in [3.05, 3.63) is 24.7 Å². The summed E-state index contributed by atoms with van der Waals surface area (Å²) in [6.45, 7) is 14.1. The van der Waals surface area contributed by atoms with E-state index in [4.69, 9.17) is 27.8 Å². The van der Waals surface area contributed by atoms with E-state index in [1.165, 1.54) is 6.20 Å². The number of amides is 1. The number of halogens is 1. The van der Waals surface area contributed by atoms with Gasteiger partial charge in [0.2, 0.25) is 0 Å². The minimum Gasteiger partial charge on any atom is -0.384 e. The molecule has 0 aromatic carbocycles. The van der Waals surface area contributed by atoms with Crippen LogP contribution in [-0.2, 0) is 46.7 Å². The molecule has 0 aliphatic carbocycles. The van der Waals surface area contributed by atoms with E-state index in [1.807, 2.05) is 41.5 Å². The minimum absolute atomic E-state index is 0.00771. The highest BCUT2D eigenvalue weighted by Gasteiger charge is 2.64. The van der Waals surface area contributed by atoms with E-state index in [1.54, 1.807) is 0 Å². The molecule has 4 atom stereocenters. The molecule has 2 heterocycles. The van der Waals surface area contributed by atoms with Gasteiger partial charge >= 0.3 is 7.82 Å². The number of nitrogens with zero attached hydrogens (tertiary/aromatic N) is 1. The van der Waals surface area contributed by atoms with Crippen molar-refractivity contribution >= 4 is 47.5 Å². The van der Waals surface area contributed by atoms with Crippen LogP contribution in [0, 0.1) is 10.8 Å². The Labute approximate surface area is 284 Å². The fourth-order valence-corrected chi connectivity index (χ4v) is 6.61. The normalized spacial score (nSPS) is 25.4. The van der Waals surface area contributed by atoms with E-state index < -0.39 is 55.0 Å². The third kappa shape index (κ3) is 12.8. The molecule has 0 unspecified atom stereocenters. The van der Waals surface area contributed by atoms with Gasteiger partial charge in [-0.25, -0.2) is 8.96 Å². The SMILES string of the molecule is C=C1NC(=O)C=CN1[C@@H]1O[C@](F)(COP(=O)(OCCOCCSC(=O)C(C)(C)C)OCCOCCSC(=O)C(C)(C)C)[C@@H](O)[C@@]1(C)O. The number of carbonyl (C=O) groups is 3. The molecule has 0 aromatic rings. The number of ether oxygens (including phenoxy) is 3. The quantitative estimate of drug-likeness (QED) is 0.138. The van der Waals surface area contributed by atoms with Crippen LogP contribution in [0.2, 0.25) is 0 Å². The Bertz CT molecular complexity index is 1150. The number of thioether (sulfide) groups is 2. The Morgan fingerprint density at radius 3 is 1.94 bits per heavy atom. The molecular weight excluding hydrogens is 682 g/mol. The first-order valence-electron chi connectivity index (χ1n) is 14.9. The molecule has 18 heteroatoms. The highest BCUT2D eigenvalue weighted by Crippen LogP contribution is 2.52. The Kier molecular flexibility index (Phi) is 15.6. The van der Waals surface area contributed by atoms with Crippen LogP contribution in [0.15, 0.2) is 24.7 Å². The van der Waals surface area contributed by atoms with E-state index in [-0.39, 0.29) is 55.7 Å². The van der Waals surface area contributed by atoms with Crippen molar-refractivity contribution in [1.82, 2.24) is 10.2 Å². The van der Waals surface area contributed by atoms with E-state index in [2.05, 4.69) is 11.9 Å². The van der Waals surface area contributed by atoms with Gasteiger partial charge in [0.25, 0.3) is 11.8 Å². The van der Waals surface area contributed by atoms with Crippen molar-refractivity contribution in [3.8, 4) is 0 Å². The number of hydrogen-bond donors (Lipinski definition) is 3. The zero-order valence-corrected chi connectivity index (χ0v) is 30.5. The maximum absolute atomic E-state index is 16.0. The highest BCUT2D eigenvalue weighted by atomic mass is 32.2. The molecule has 0 spiro atoms. The van der Waals surface area contributed by atoms with Crippen LogP contribution < -0.4 is 5.32 Å². The molecule has 0 radical (unpaired) electrons. The number of alkyl halides is 1. The van der Waals surface area contributed by atoms with Gasteiger partial charge in [-0.15, -0.1) is 0 Å². The third-order valence-corrected chi connectivity index (χ3v) is 10.4. The lowest BCUT2D eigenvalue weighted by atomic mass is 9.95. The van der Waals surface area contributed by atoms with Gasteiger partial charge in [-0.3, -0.25) is 28.0 Å². The lowest BCUT2D eigenvalue weighted by Gasteiger charge is -2.36. The van der Waals surface area contributed by atoms with Crippen LogP contribution in [0.5, 0.6) is 0 Å². The number of nitrogens with one attached hydrogen (secondary N) is 1. The molecule has 2 rings (SSSR count). The fraction of sp³-hybridized carbons (Fsp3) is 0.759. The Morgan fingerprint density at radius 1 is 1.00 bits per heavy atom. The molecule has 0 bridgehead atoms. The Hall–Kier alpha value is -1.37. The van der Waals surface area contributed by atoms with Crippen molar-refractivity contribution in [3.63, 3.8) is 0 Å². The van der Waals surface area contributed by atoms with Crippen LogP contribution >= 0.6 is 31.3 Å². The second kappa shape index (κ2) is 17.5. The van der Waals surface area contributed by atoms with E-state index >= 15 is 4.39 Å². The van der Waals surface area contributed by atoms with Crippen molar-refractivity contribution < 1.29 is 61.3 Å². The van der Waals surface area contributed by atoms with Crippen LogP contribution in [0.4, 0.5) is 4.39 Å². The summed E-state index contributed by atoms with van der Waals surface area (Å²) in [4.78, 5) is 36.8. The van der Waals surface area contributed by atoms with E-state index in [0.29, 0.717) is 11.5 Å². The second-order valence-electron chi connectivity index (χ2n) is 12.9. The number of hydrogen-bond acceptors (Lipinski definition) is 15. The van der Waals surface area contributed by atoms with Crippen molar-refractivity contribution in [2.24, 2.45) is 10.8 Å². The van der Waals surface area contributed by atoms with Crippen LogP contribution in [0.25, 0.3) is 0 Å². The molecular formula is C29H48FN2O12PS2. The number of aliphatic hydroxyl groups excluding tert-OH is 1. The van der Waals surface area contributed by atoms with Crippen molar-refractivity contribution in [2.75, 3.05) is 57.8 Å². The second-order valence-corrected chi connectivity index (χ2v) is 16.7. The molecule has 0 aromatic heterocycles. The monoisotopic (exact) mass is 730 g/mol. The van der Waals surface area contributed by atoms with Crippen molar-refractivity contribution in [1.29, 1.82) is 0 Å². The molecule has 3 N–H and O–H groups in total. The lowest BCUT2D eigenvalue weighted by Crippen LogP contribution is -2.54. The number of rotatable bonds is 18. The zero-order chi connectivity index (χ0) is 35.7. The van der Waals surface area contributed by atoms with Gasteiger partial charge in [0, 0.05) is 34.6 Å². The summed E-state index contributed by atoms with van der Waals surface area (Å²) in [5.41, 5.74) is -3.23. The van der Waals surface area contributed by atoms with Gasteiger partial charge in [0.15, 0.2) is 16.5 Å². The van der Waals surface area contributed by atoms with Crippen LogP contribution in [-0.4, -0.2) is 113 Å². The number of carbonyl (C=O) groups excluding carboxylic acids is 3. The predicted octanol–water partition coefficient (Wildman–Crippen LogP) is 3.34. The summed E-state index contributed by atoms with van der Waals surface area (Å²) in [6, 6.07) is 0. The van der Waals surface area contributed by atoms with E-state index in [9.17, 15) is 29.2 Å². The van der Waals surface area contributed by atoms with Gasteiger partial charge in [-0.2, -0.15) is 0 Å². The highest BCUT2D eigenvalue weighted by molar-refractivity contribution is 8.14. The zero-order valence-electron chi connectivity index (χ0n) is 27.9. The lowest BCUT2D eigenvalue weighted by molar-refractivity contribution is -0.208. The van der Waals surface area contributed by atoms with E-state index in [0.717, 1.165) is 41.4 Å². The number of phosphoric acid groups is 1. The summed E-state index contributed by atoms with van der Waals surface area (Å²) in [5, 5.41) is 24.1. The minimum atomic E-state index is -4.54. The largest absolute Gasteiger partial charge is 0.475 e. The first-order chi connectivity index (χ1) is 21.6. The Balaban J connectivity index is 1.98. The maximum atomic E-state index is 16.0. The third-order valence-electron chi connectivity index (χ3n) is 6.51. The molecule has 0 saturated carbocycles. The molecule has 2 aliphatic heterocycles. The fourth-order valence-electron chi connectivity index (χ4n) is 3.82. The average Bonchev–Trinajstić information content (AvgIpc) is 3.14. The average molecular weight is 731 g/mol. The molecule has 2 aliphatic rings. The summed E-state index contributed by atoms with van der Waals surface area (Å²) in [5.74, 6) is -2.87. The maximum Gasteiger partial charge on any atom is 0.475 e. The molecule has 1 amide bonds. The topological polar surface area (TPSA) is 179 Å². The van der Waals surface area contributed by atoms with Gasteiger partial charge in [0.05, 0.1) is 39.6 Å². The summed E-state index contributed by atoms with van der Waals surface area (Å²) < 4.78 is 61.7. The van der Waals surface area contributed by atoms with Crippen LogP contribution in [0.1, 0.15) is 48.5 Å². The first-order valence-corrected chi connectivity index (χ1v) is 18.3. The molecule has 47 heavy (non-hydrogen) atoms. The first kappa shape index (κ1) is 41.8. The standard InChI is InChI=1S/C29H48FN2O12PS2/c1-20-31-21(33)9-10-32(20)23-28(8,37)22(34)29(30,44-23)19-43-45(38,41-13-11-39-15-17-46-24(35)26(2,3)4)42-14-12-40-16-18-47-25(36)27(5,6)7/h9-10,22-23,34,37H,1,11-19H2,2-8H3,(H,31,33)/t22-,23+,28+,29+/m0/s1. The van der Waals surface area contributed by atoms with Crippen LogP contribution in [0.3, 0.4) is 0 Å². The van der Waals surface area contributed by atoms with Gasteiger partial charge < -0.3 is 34.6 Å². The molecule has 1 fully saturated rings. The molecule has 14 nitrogen and oxygen atoms in total. The summed E-state index contributed by atoms with van der Waals surface area (Å²) in [7, 11) is -4.54. The number of phosphoric ester groups is 1. The van der Waals surface area contributed by atoms with Gasteiger partial charge in [-0.05, 0) is 6.92 Å². The van der Waals surface area contributed by atoms with Gasteiger partial charge in [-0.1, -0.05) is 71.6 Å². The smallest absolute Gasteiger partial charge is 0.384 e. The number of aliphatic hydroxyl groups is 2. The summed E-state index contributed by atoms with van der Waals surface area (Å²) >= 11 is 2.25. The van der Waals surface area contributed by atoms with Crippen molar-refractivity contribution in [2.45, 2.75) is 72.3 Å². The van der Waals surface area contributed by atoms with Gasteiger partial charge in [0.1, 0.15) is 24.1 Å².